The van der Waals surface area contributed by atoms with Crippen LogP contribution in [0.1, 0.15) is 29.5 Å². The molecule has 0 saturated heterocycles. The van der Waals surface area contributed by atoms with Crippen molar-refractivity contribution in [3.8, 4) is 0 Å². The van der Waals surface area contributed by atoms with Gasteiger partial charge >= 0.3 is 5.97 Å². The predicted octanol–water partition coefficient (Wildman–Crippen LogP) is 2.70. The van der Waals surface area contributed by atoms with Gasteiger partial charge in [-0.2, -0.15) is 0 Å². The number of hydrogen-bond acceptors (Lipinski definition) is 1. The molecule has 0 spiro atoms. The first-order chi connectivity index (χ1) is 7.40. The van der Waals surface area contributed by atoms with E-state index in [1.807, 2.05) is 0 Å². The van der Waals surface area contributed by atoms with E-state index in [2.05, 4.69) is 0 Å². The minimum absolute atomic E-state index is 0.249. The fourth-order valence-electron chi connectivity index (χ4n) is 2.26. The molecule has 1 aromatic rings. The summed E-state index contributed by atoms with van der Waals surface area (Å²) in [6, 6.07) is 0.812. The number of rotatable bonds is 2. The van der Waals surface area contributed by atoms with Crippen LogP contribution in [0, 0.1) is 25.5 Å². The van der Waals surface area contributed by atoms with E-state index >= 15 is 0 Å². The zero-order valence-electron chi connectivity index (χ0n) is 9.10. The van der Waals surface area contributed by atoms with Crippen molar-refractivity contribution in [2.45, 2.75) is 32.1 Å². The first kappa shape index (κ1) is 11.0. The van der Waals surface area contributed by atoms with Gasteiger partial charge in [0.1, 0.15) is 11.6 Å². The van der Waals surface area contributed by atoms with Gasteiger partial charge in [0.2, 0.25) is 0 Å². The Labute approximate surface area is 91.9 Å². The normalized spacial score (nSPS) is 17.2. The lowest BCUT2D eigenvalue weighted by molar-refractivity contribution is -0.140. The van der Waals surface area contributed by atoms with E-state index in [-0.39, 0.29) is 11.1 Å². The van der Waals surface area contributed by atoms with Crippen molar-refractivity contribution in [2.75, 3.05) is 0 Å². The van der Waals surface area contributed by atoms with Crippen molar-refractivity contribution in [3.05, 3.63) is 34.4 Å². The second-order valence-electron chi connectivity index (χ2n) is 4.35. The molecule has 0 atom stereocenters. The third-order valence-electron chi connectivity index (χ3n) is 3.36. The molecular weight excluding hydrogens is 214 g/mol. The van der Waals surface area contributed by atoms with Crippen LogP contribution in [-0.2, 0) is 10.2 Å². The minimum atomic E-state index is -1.06. The van der Waals surface area contributed by atoms with Crippen molar-refractivity contribution in [3.63, 3.8) is 0 Å². The molecule has 4 heteroatoms. The van der Waals surface area contributed by atoms with Gasteiger partial charge < -0.3 is 5.11 Å². The molecule has 2 rings (SSSR count). The standard InChI is InChI=1S/C12H12F2O2/c1-6-8(13)5-9(14)7(2)10(6)12(3-4-12)11(15)16/h5H,3-4H2,1-2H3,(H,15,16). The molecule has 16 heavy (non-hydrogen) atoms. The third-order valence-corrected chi connectivity index (χ3v) is 3.36. The highest BCUT2D eigenvalue weighted by Crippen LogP contribution is 2.51. The molecule has 86 valence electrons. The Balaban J connectivity index is 2.70. The minimum Gasteiger partial charge on any atom is -0.481 e. The van der Waals surface area contributed by atoms with E-state index in [1.54, 1.807) is 0 Å². The molecule has 1 aliphatic rings. The van der Waals surface area contributed by atoms with Crippen LogP contribution >= 0.6 is 0 Å². The van der Waals surface area contributed by atoms with E-state index in [9.17, 15) is 13.6 Å². The van der Waals surface area contributed by atoms with Crippen LogP contribution in [0.15, 0.2) is 6.07 Å². The van der Waals surface area contributed by atoms with Gasteiger partial charge in [-0.3, -0.25) is 4.79 Å². The second-order valence-corrected chi connectivity index (χ2v) is 4.35. The number of benzene rings is 1. The molecule has 0 radical (unpaired) electrons. The van der Waals surface area contributed by atoms with E-state index in [4.69, 9.17) is 5.11 Å². The summed E-state index contributed by atoms with van der Waals surface area (Å²) in [6.07, 6.45) is 0.903. The zero-order chi connectivity index (χ0) is 12.1. The van der Waals surface area contributed by atoms with Crippen LogP contribution in [0.2, 0.25) is 0 Å². The molecule has 0 aliphatic heterocycles. The van der Waals surface area contributed by atoms with Gasteiger partial charge in [-0.25, -0.2) is 8.78 Å². The number of aliphatic carboxylic acids is 1. The van der Waals surface area contributed by atoms with Crippen LogP contribution < -0.4 is 0 Å². The highest BCUT2D eigenvalue weighted by Gasteiger charge is 2.53. The quantitative estimate of drug-likeness (QED) is 0.841. The fourth-order valence-corrected chi connectivity index (χ4v) is 2.26. The van der Waals surface area contributed by atoms with E-state index in [0.29, 0.717) is 18.4 Å². The molecule has 1 aliphatic carbocycles. The molecular formula is C12H12F2O2. The third kappa shape index (κ3) is 1.32. The Morgan fingerprint density at radius 1 is 1.25 bits per heavy atom. The summed E-state index contributed by atoms with van der Waals surface area (Å²) in [6.45, 7) is 3.00. The number of hydrogen-bond donors (Lipinski definition) is 1. The molecule has 1 saturated carbocycles. The maximum Gasteiger partial charge on any atom is 0.314 e. The Kier molecular flexibility index (Phi) is 2.26. The first-order valence-corrected chi connectivity index (χ1v) is 5.09. The predicted molar refractivity (Wildman–Crippen MR) is 54.4 cm³/mol. The van der Waals surface area contributed by atoms with Crippen LogP contribution in [0.3, 0.4) is 0 Å². The lowest BCUT2D eigenvalue weighted by Gasteiger charge is -2.17. The molecule has 1 N–H and O–H groups in total. The van der Waals surface area contributed by atoms with Crippen LogP contribution in [0.4, 0.5) is 8.78 Å². The lowest BCUT2D eigenvalue weighted by atomic mass is 9.87. The summed E-state index contributed by atoms with van der Waals surface area (Å²) >= 11 is 0. The van der Waals surface area contributed by atoms with Gasteiger partial charge in [0.25, 0.3) is 0 Å². The van der Waals surface area contributed by atoms with E-state index < -0.39 is 23.0 Å². The summed E-state index contributed by atoms with van der Waals surface area (Å²) in [5, 5.41) is 9.14. The summed E-state index contributed by atoms with van der Waals surface area (Å²) < 4.78 is 26.8. The van der Waals surface area contributed by atoms with Gasteiger partial charge in [0.05, 0.1) is 5.41 Å². The van der Waals surface area contributed by atoms with E-state index in [0.717, 1.165) is 6.07 Å². The van der Waals surface area contributed by atoms with Crippen LogP contribution in [0.5, 0.6) is 0 Å². The second kappa shape index (κ2) is 3.27. The topological polar surface area (TPSA) is 37.3 Å². The first-order valence-electron chi connectivity index (χ1n) is 5.09. The van der Waals surface area contributed by atoms with Crippen molar-refractivity contribution >= 4 is 5.97 Å². The number of carboxylic acid groups (broad SMARTS) is 1. The number of carboxylic acids is 1. The van der Waals surface area contributed by atoms with Gasteiger partial charge in [-0.15, -0.1) is 0 Å². The van der Waals surface area contributed by atoms with Crippen molar-refractivity contribution in [1.82, 2.24) is 0 Å². The molecule has 2 nitrogen and oxygen atoms in total. The number of halogens is 2. The van der Waals surface area contributed by atoms with Gasteiger partial charge in [-0.1, -0.05) is 0 Å². The van der Waals surface area contributed by atoms with Crippen molar-refractivity contribution in [2.24, 2.45) is 0 Å². The average Bonchev–Trinajstić information content (AvgIpc) is 2.97. The fraction of sp³-hybridized carbons (Fsp3) is 0.417. The highest BCUT2D eigenvalue weighted by molar-refractivity contribution is 5.86. The summed E-state index contributed by atoms with van der Waals surface area (Å²) in [5.41, 5.74) is -0.244. The largest absolute Gasteiger partial charge is 0.481 e. The molecule has 0 bridgehead atoms. The summed E-state index contributed by atoms with van der Waals surface area (Å²) in [5.74, 6) is -2.35. The highest BCUT2D eigenvalue weighted by atomic mass is 19.1. The monoisotopic (exact) mass is 226 g/mol. The number of carbonyl (C=O) groups is 1. The van der Waals surface area contributed by atoms with Gasteiger partial charge in [-0.05, 0) is 43.4 Å². The van der Waals surface area contributed by atoms with Crippen molar-refractivity contribution in [1.29, 1.82) is 0 Å². The Bertz CT molecular complexity index is 450. The van der Waals surface area contributed by atoms with Gasteiger partial charge in [0, 0.05) is 6.07 Å². The molecule has 0 aromatic heterocycles. The average molecular weight is 226 g/mol. The maximum atomic E-state index is 13.4. The van der Waals surface area contributed by atoms with Gasteiger partial charge in [0.15, 0.2) is 0 Å². The smallest absolute Gasteiger partial charge is 0.314 e. The molecule has 1 aromatic carbocycles. The summed E-state index contributed by atoms with van der Waals surface area (Å²) in [7, 11) is 0. The molecule has 0 amide bonds. The Morgan fingerprint density at radius 3 is 2.00 bits per heavy atom. The summed E-state index contributed by atoms with van der Waals surface area (Å²) in [4.78, 5) is 11.2. The van der Waals surface area contributed by atoms with E-state index in [1.165, 1.54) is 13.8 Å². The SMILES string of the molecule is Cc1c(F)cc(F)c(C)c1C1(C(=O)O)CC1. The lowest BCUT2D eigenvalue weighted by Crippen LogP contribution is -2.23. The maximum absolute atomic E-state index is 13.4. The van der Waals surface area contributed by atoms with Crippen molar-refractivity contribution < 1.29 is 18.7 Å². The molecule has 0 unspecified atom stereocenters. The van der Waals surface area contributed by atoms with Crippen LogP contribution in [0.25, 0.3) is 0 Å². The zero-order valence-corrected chi connectivity index (χ0v) is 9.10. The molecule has 0 heterocycles. The molecule has 1 fully saturated rings. The Morgan fingerprint density at radius 2 is 1.69 bits per heavy atom. The van der Waals surface area contributed by atoms with Crippen LogP contribution in [-0.4, -0.2) is 11.1 Å². The Hall–Kier alpha value is -1.45.